The topological polar surface area (TPSA) is 78.2 Å². The number of carbonyl (C=O) groups excluding carboxylic acids is 2. The summed E-state index contributed by atoms with van der Waals surface area (Å²) in [7, 11) is 0. The number of hydrogen-bond acceptors (Lipinski definition) is 3. The first-order valence-electron chi connectivity index (χ1n) is 19.0. The number of carbonyl (C=O) groups is 2. The molecular formula is C42H52BF2N5O2. The van der Waals surface area contributed by atoms with Crippen molar-refractivity contribution >= 4 is 52.1 Å². The lowest BCUT2D eigenvalue weighted by atomic mass is 9.90. The van der Waals surface area contributed by atoms with Gasteiger partial charge in [0.15, 0.2) is 5.70 Å². The summed E-state index contributed by atoms with van der Waals surface area (Å²) in [4.78, 5) is 25.8. The molecule has 2 aliphatic rings. The lowest BCUT2D eigenvalue weighted by Gasteiger charge is -2.30. The fourth-order valence-corrected chi connectivity index (χ4v) is 7.87. The maximum Gasteiger partial charge on any atom is 0.737 e. The molecule has 52 heavy (non-hydrogen) atoms. The second-order valence-electron chi connectivity index (χ2n) is 14.7. The van der Waals surface area contributed by atoms with Crippen molar-refractivity contribution in [1.82, 2.24) is 20.4 Å². The second-order valence-corrected chi connectivity index (χ2v) is 14.7. The summed E-state index contributed by atoms with van der Waals surface area (Å²) in [5, 5.41) is 14.5. The Labute approximate surface area is 306 Å². The molecule has 4 aromatic rings. The van der Waals surface area contributed by atoms with E-state index >= 15 is 8.63 Å². The number of nitrogens with one attached hydrogen (secondary N) is 3. The molecule has 2 aliphatic heterocycles. The third-order valence-electron chi connectivity index (χ3n) is 10.6. The first kappa shape index (κ1) is 37.2. The van der Waals surface area contributed by atoms with Crippen molar-refractivity contribution in [2.24, 2.45) is 5.92 Å². The molecule has 0 saturated carbocycles. The largest absolute Gasteiger partial charge is 0.737 e. The first-order chi connectivity index (χ1) is 25.1. The highest BCUT2D eigenvalue weighted by Crippen LogP contribution is 2.34. The Bertz CT molecular complexity index is 1990. The van der Waals surface area contributed by atoms with Crippen molar-refractivity contribution in [3.63, 3.8) is 0 Å². The van der Waals surface area contributed by atoms with Crippen molar-refractivity contribution in [2.75, 3.05) is 13.1 Å². The summed E-state index contributed by atoms with van der Waals surface area (Å²) in [6.07, 6.45) is 11.6. The van der Waals surface area contributed by atoms with E-state index in [9.17, 15) is 9.59 Å². The van der Waals surface area contributed by atoms with E-state index in [1.165, 1.54) is 27.1 Å². The zero-order valence-corrected chi connectivity index (χ0v) is 31.0. The van der Waals surface area contributed by atoms with Gasteiger partial charge in [0.2, 0.25) is 11.8 Å². The summed E-state index contributed by atoms with van der Waals surface area (Å²) in [6.45, 7) is 5.55. The fraction of sp³-hybridized carbons (Fsp3) is 0.405. The molecule has 3 aromatic carbocycles. The number of amides is 2. The molecule has 6 rings (SSSR count). The van der Waals surface area contributed by atoms with E-state index < -0.39 is 6.97 Å². The number of rotatable bonds is 17. The highest BCUT2D eigenvalue weighted by Gasteiger charge is 2.52. The highest BCUT2D eigenvalue weighted by atomic mass is 19.2. The van der Waals surface area contributed by atoms with E-state index in [0.717, 1.165) is 53.1 Å². The summed E-state index contributed by atoms with van der Waals surface area (Å²) < 4.78 is 33.5. The van der Waals surface area contributed by atoms with E-state index in [1.807, 2.05) is 6.92 Å². The van der Waals surface area contributed by atoms with E-state index in [0.29, 0.717) is 42.4 Å². The molecule has 10 heteroatoms. The number of aryl methyl sites for hydroxylation is 2. The van der Waals surface area contributed by atoms with Crippen LogP contribution in [0.3, 0.4) is 0 Å². The van der Waals surface area contributed by atoms with Gasteiger partial charge in [-0.25, -0.2) is 0 Å². The second kappa shape index (κ2) is 16.4. The van der Waals surface area contributed by atoms with Crippen molar-refractivity contribution < 1.29 is 22.7 Å². The zero-order chi connectivity index (χ0) is 36.8. The number of benzene rings is 3. The molecule has 1 atom stereocenters. The fourth-order valence-electron chi connectivity index (χ4n) is 7.87. The van der Waals surface area contributed by atoms with Gasteiger partial charge in [0.25, 0.3) is 0 Å². The lowest BCUT2D eigenvalue weighted by Crippen LogP contribution is -2.50. The van der Waals surface area contributed by atoms with Crippen LogP contribution in [0.15, 0.2) is 78.5 Å². The van der Waals surface area contributed by atoms with Gasteiger partial charge in [-0.2, -0.15) is 0 Å². The van der Waals surface area contributed by atoms with Crippen LogP contribution in [-0.4, -0.2) is 52.6 Å². The summed E-state index contributed by atoms with van der Waals surface area (Å²) >= 11 is 0. The SMILES string of the molecule is Cc1cc(C)n2c1C=C1C=CC(CCC(=O)NCCCCCCCCNC(=O)C(NCc3c4ccccc4cc4ccccc34)C(C)C)=[N+]1[B-]2(F)F. The van der Waals surface area contributed by atoms with Gasteiger partial charge in [0, 0.05) is 56.4 Å². The average Bonchev–Trinajstić information content (AvgIpc) is 3.67. The number of aromatic nitrogens is 1. The quantitative estimate of drug-likeness (QED) is 0.0589. The van der Waals surface area contributed by atoms with Crippen molar-refractivity contribution in [2.45, 2.75) is 91.6 Å². The third-order valence-corrected chi connectivity index (χ3v) is 10.6. The smallest absolute Gasteiger partial charge is 0.394 e. The van der Waals surface area contributed by atoms with Gasteiger partial charge in [0.05, 0.1) is 6.04 Å². The van der Waals surface area contributed by atoms with Crippen LogP contribution in [0, 0.1) is 19.8 Å². The van der Waals surface area contributed by atoms with Crippen LogP contribution >= 0.6 is 0 Å². The number of hydrogen-bond donors (Lipinski definition) is 3. The maximum atomic E-state index is 15.6. The van der Waals surface area contributed by atoms with Gasteiger partial charge in [-0.1, -0.05) is 88.1 Å². The Kier molecular flexibility index (Phi) is 11.7. The minimum Gasteiger partial charge on any atom is -0.394 e. The van der Waals surface area contributed by atoms with Crippen LogP contribution in [0.2, 0.25) is 0 Å². The van der Waals surface area contributed by atoms with Gasteiger partial charge in [-0.05, 0) is 83.1 Å². The van der Waals surface area contributed by atoms with Gasteiger partial charge in [0.1, 0.15) is 5.71 Å². The predicted octanol–water partition coefficient (Wildman–Crippen LogP) is 8.18. The molecule has 0 radical (unpaired) electrons. The Morgan fingerprint density at radius 1 is 0.827 bits per heavy atom. The Morgan fingerprint density at radius 3 is 2.10 bits per heavy atom. The molecule has 274 valence electrons. The molecule has 7 nitrogen and oxygen atoms in total. The van der Waals surface area contributed by atoms with Gasteiger partial charge in [-0.3, -0.25) is 9.59 Å². The monoisotopic (exact) mass is 707 g/mol. The molecule has 0 fully saturated rings. The van der Waals surface area contributed by atoms with Crippen LogP contribution in [0.4, 0.5) is 8.63 Å². The third kappa shape index (κ3) is 8.07. The Hall–Kier alpha value is -4.57. The van der Waals surface area contributed by atoms with Crippen molar-refractivity contribution in [3.05, 3.63) is 101 Å². The summed E-state index contributed by atoms with van der Waals surface area (Å²) in [5.74, 6) is 0.0723. The van der Waals surface area contributed by atoms with Crippen LogP contribution in [0.5, 0.6) is 0 Å². The molecular weight excluding hydrogens is 655 g/mol. The van der Waals surface area contributed by atoms with Gasteiger partial charge >= 0.3 is 6.97 Å². The van der Waals surface area contributed by atoms with Crippen molar-refractivity contribution in [1.29, 1.82) is 0 Å². The van der Waals surface area contributed by atoms with E-state index in [2.05, 4.69) is 84.4 Å². The Balaban J connectivity index is 0.857. The molecule has 0 aliphatic carbocycles. The average molecular weight is 708 g/mol. The predicted molar refractivity (Wildman–Crippen MR) is 210 cm³/mol. The van der Waals surface area contributed by atoms with Crippen LogP contribution < -0.4 is 16.0 Å². The first-order valence-corrected chi connectivity index (χ1v) is 19.0. The molecule has 3 N–H and O–H groups in total. The standard InChI is InChI=1S/C42H52BF2N5O2/c1-29(2)41(48-28-38-36-17-11-9-15-32(36)26-33-16-10-12-18-37(33)38)42(52)47-24-14-8-6-5-7-13-23-46-40(51)22-21-34-19-20-35-27-39-30(3)25-31(4)49(39)43(44,45)50(34)35/h9-12,15-20,25-27,29,41,48H,5-8,13-14,21-24,28H2,1-4H3,(H,46,51)(H,47,52). The van der Waals surface area contributed by atoms with E-state index in [-0.39, 0.29) is 36.6 Å². The summed E-state index contributed by atoms with van der Waals surface area (Å²) in [6, 6.07) is 20.6. The number of fused-ring (bicyclic) bond motifs is 4. The molecule has 1 unspecified atom stereocenters. The molecule has 0 saturated heterocycles. The molecule has 3 heterocycles. The number of allylic oxidation sites excluding steroid dienone is 2. The van der Waals surface area contributed by atoms with Crippen LogP contribution in [0.25, 0.3) is 27.6 Å². The van der Waals surface area contributed by atoms with E-state index in [1.54, 1.807) is 31.2 Å². The molecule has 2 amide bonds. The number of halogens is 2. The molecule has 1 aromatic heterocycles. The van der Waals surface area contributed by atoms with Crippen LogP contribution in [0.1, 0.15) is 87.7 Å². The maximum absolute atomic E-state index is 15.6. The van der Waals surface area contributed by atoms with Gasteiger partial charge in [-0.15, -0.1) is 0 Å². The van der Waals surface area contributed by atoms with E-state index in [4.69, 9.17) is 0 Å². The lowest BCUT2D eigenvalue weighted by molar-refractivity contribution is -0.362. The van der Waals surface area contributed by atoms with Crippen LogP contribution in [-0.2, 0) is 16.1 Å². The molecule has 0 spiro atoms. The number of nitrogens with zero attached hydrogens (tertiary/aromatic N) is 2. The van der Waals surface area contributed by atoms with Gasteiger partial charge < -0.3 is 33.5 Å². The van der Waals surface area contributed by atoms with Crippen molar-refractivity contribution in [3.8, 4) is 0 Å². The normalized spacial score (nSPS) is 15.2. The summed E-state index contributed by atoms with van der Waals surface area (Å²) in [5.41, 5.74) is 4.10. The number of unbranched alkanes of at least 4 members (excludes halogenated alkanes) is 5. The minimum atomic E-state index is -4.01. The zero-order valence-electron chi connectivity index (χ0n) is 31.0. The Morgan fingerprint density at radius 2 is 1.44 bits per heavy atom. The highest BCUT2D eigenvalue weighted by molar-refractivity contribution is 6.58. The molecule has 0 bridgehead atoms. The minimum absolute atomic E-state index is 0.0420.